The maximum atomic E-state index is 11.8. The lowest BCUT2D eigenvalue weighted by molar-refractivity contribution is -0.118. The minimum atomic E-state index is 0.101. The molecule has 2 rings (SSSR count). The van der Waals surface area contributed by atoms with Crippen LogP contribution in [0.1, 0.15) is 55.5 Å². The lowest BCUT2D eigenvalue weighted by Crippen LogP contribution is -2.37. The minimum absolute atomic E-state index is 0.101. The third-order valence-electron chi connectivity index (χ3n) is 4.40. The highest BCUT2D eigenvalue weighted by molar-refractivity contribution is 7.99. The fraction of sp³-hybridized carbons (Fsp3) is 0.765. The molecule has 0 aromatic carbocycles. The van der Waals surface area contributed by atoms with Gasteiger partial charge in [-0.3, -0.25) is 4.79 Å². The van der Waals surface area contributed by atoms with Crippen molar-refractivity contribution in [3.8, 4) is 0 Å². The summed E-state index contributed by atoms with van der Waals surface area (Å²) in [5, 5.41) is 10.5. The van der Waals surface area contributed by atoms with Gasteiger partial charge in [-0.1, -0.05) is 30.8 Å². The molecule has 1 saturated carbocycles. The molecular weight excluding hydrogens is 310 g/mol. The van der Waals surface area contributed by atoms with E-state index in [2.05, 4.69) is 15.8 Å². The number of carbonyl (C=O) groups is 1. The van der Waals surface area contributed by atoms with Crippen molar-refractivity contribution in [3.05, 3.63) is 17.0 Å². The molecule has 1 amide bonds. The first-order valence-electron chi connectivity index (χ1n) is 8.66. The van der Waals surface area contributed by atoms with Crippen LogP contribution in [0.4, 0.5) is 0 Å². The predicted molar refractivity (Wildman–Crippen MR) is 94.6 cm³/mol. The van der Waals surface area contributed by atoms with Crippen molar-refractivity contribution in [3.63, 3.8) is 0 Å². The van der Waals surface area contributed by atoms with Gasteiger partial charge in [0.15, 0.2) is 0 Å². The first-order chi connectivity index (χ1) is 11.2. The third kappa shape index (κ3) is 6.55. The van der Waals surface area contributed by atoms with Crippen LogP contribution in [0.3, 0.4) is 0 Å². The highest BCUT2D eigenvalue weighted by atomic mass is 32.2. The van der Waals surface area contributed by atoms with Crippen LogP contribution in [0, 0.1) is 13.8 Å². The Morgan fingerprint density at radius 2 is 1.96 bits per heavy atom. The van der Waals surface area contributed by atoms with E-state index in [0.717, 1.165) is 29.3 Å². The Bertz CT molecular complexity index is 463. The van der Waals surface area contributed by atoms with E-state index in [1.165, 1.54) is 38.5 Å². The molecule has 1 fully saturated rings. The van der Waals surface area contributed by atoms with Gasteiger partial charge in [0.2, 0.25) is 5.91 Å². The molecule has 1 aliphatic carbocycles. The molecule has 1 aromatic heterocycles. The van der Waals surface area contributed by atoms with Crippen LogP contribution in [-0.4, -0.2) is 35.9 Å². The molecule has 0 saturated heterocycles. The van der Waals surface area contributed by atoms with E-state index in [1.54, 1.807) is 11.8 Å². The van der Waals surface area contributed by atoms with Crippen molar-refractivity contribution in [1.82, 2.24) is 15.8 Å². The summed E-state index contributed by atoms with van der Waals surface area (Å²) in [5.74, 6) is 2.20. The van der Waals surface area contributed by atoms with Gasteiger partial charge in [0.25, 0.3) is 0 Å². The number of thioether (sulfide) groups is 1. The second-order valence-electron chi connectivity index (χ2n) is 6.29. The molecule has 0 bridgehead atoms. The van der Waals surface area contributed by atoms with Crippen molar-refractivity contribution >= 4 is 17.7 Å². The van der Waals surface area contributed by atoms with Gasteiger partial charge >= 0.3 is 0 Å². The van der Waals surface area contributed by atoms with Crippen LogP contribution in [0.25, 0.3) is 0 Å². The Morgan fingerprint density at radius 3 is 2.61 bits per heavy atom. The largest absolute Gasteiger partial charge is 0.361 e. The Balaban J connectivity index is 1.53. The van der Waals surface area contributed by atoms with Crippen molar-refractivity contribution < 1.29 is 9.32 Å². The first kappa shape index (κ1) is 18.3. The highest BCUT2D eigenvalue weighted by Crippen LogP contribution is 2.19. The molecule has 1 heterocycles. The van der Waals surface area contributed by atoms with E-state index < -0.39 is 0 Å². The molecule has 0 radical (unpaired) electrons. The monoisotopic (exact) mass is 339 g/mol. The number of nitrogens with zero attached hydrogens (tertiary/aromatic N) is 1. The maximum absolute atomic E-state index is 11.8. The standard InChI is InChI=1S/C17H29N3O2S/c1-13-16(14(2)22-20-13)11-23-12-17(21)19-10-9-18-15-7-5-3-4-6-8-15/h15,18H,3-12H2,1-2H3,(H,19,21). The van der Waals surface area contributed by atoms with Crippen LogP contribution in [0.15, 0.2) is 4.52 Å². The maximum Gasteiger partial charge on any atom is 0.230 e. The summed E-state index contributed by atoms with van der Waals surface area (Å²) in [4.78, 5) is 11.8. The molecule has 0 unspecified atom stereocenters. The average molecular weight is 340 g/mol. The molecule has 1 aliphatic rings. The first-order valence-corrected chi connectivity index (χ1v) is 9.82. The molecule has 0 aliphatic heterocycles. The minimum Gasteiger partial charge on any atom is -0.361 e. The highest BCUT2D eigenvalue weighted by Gasteiger charge is 2.12. The molecule has 6 heteroatoms. The summed E-state index contributed by atoms with van der Waals surface area (Å²) in [6, 6.07) is 0.642. The number of rotatable bonds is 8. The Morgan fingerprint density at radius 1 is 1.22 bits per heavy atom. The number of aryl methyl sites for hydroxylation is 2. The van der Waals surface area contributed by atoms with Crippen molar-refractivity contribution in [1.29, 1.82) is 0 Å². The molecule has 23 heavy (non-hydrogen) atoms. The smallest absolute Gasteiger partial charge is 0.230 e. The molecule has 2 N–H and O–H groups in total. The molecule has 0 spiro atoms. The zero-order valence-corrected chi connectivity index (χ0v) is 15.1. The summed E-state index contributed by atoms with van der Waals surface area (Å²) in [6.07, 6.45) is 7.97. The number of nitrogens with one attached hydrogen (secondary N) is 2. The number of amides is 1. The van der Waals surface area contributed by atoms with Crippen molar-refractivity contribution in [2.24, 2.45) is 0 Å². The Hall–Kier alpha value is -1.01. The van der Waals surface area contributed by atoms with Gasteiger partial charge in [0.1, 0.15) is 5.76 Å². The van der Waals surface area contributed by atoms with Gasteiger partial charge in [0.05, 0.1) is 11.4 Å². The SMILES string of the molecule is Cc1noc(C)c1CSCC(=O)NCCNC1CCCCCC1. The lowest BCUT2D eigenvalue weighted by Gasteiger charge is -2.16. The second-order valence-corrected chi connectivity index (χ2v) is 7.27. The number of aromatic nitrogens is 1. The van der Waals surface area contributed by atoms with Crippen LogP contribution >= 0.6 is 11.8 Å². The van der Waals surface area contributed by atoms with E-state index in [-0.39, 0.29) is 5.91 Å². The summed E-state index contributed by atoms with van der Waals surface area (Å²) in [6.45, 7) is 5.42. The van der Waals surface area contributed by atoms with Crippen molar-refractivity contribution in [2.45, 2.75) is 64.2 Å². The van der Waals surface area contributed by atoms with Crippen LogP contribution < -0.4 is 10.6 Å². The zero-order chi connectivity index (χ0) is 16.5. The van der Waals surface area contributed by atoms with E-state index in [4.69, 9.17) is 4.52 Å². The topological polar surface area (TPSA) is 67.2 Å². The zero-order valence-electron chi connectivity index (χ0n) is 14.3. The fourth-order valence-electron chi connectivity index (χ4n) is 2.97. The van der Waals surface area contributed by atoms with Gasteiger partial charge in [-0.2, -0.15) is 0 Å². The fourth-order valence-corrected chi connectivity index (χ4v) is 3.97. The molecule has 0 atom stereocenters. The molecule has 130 valence electrons. The normalized spacial score (nSPS) is 16.3. The summed E-state index contributed by atoms with van der Waals surface area (Å²) in [7, 11) is 0. The van der Waals surface area contributed by atoms with E-state index >= 15 is 0 Å². The number of carbonyl (C=O) groups excluding carboxylic acids is 1. The van der Waals surface area contributed by atoms with Crippen LogP contribution in [-0.2, 0) is 10.5 Å². The van der Waals surface area contributed by atoms with Crippen molar-refractivity contribution in [2.75, 3.05) is 18.8 Å². The van der Waals surface area contributed by atoms with E-state index in [9.17, 15) is 4.79 Å². The van der Waals surface area contributed by atoms with Gasteiger partial charge in [-0.05, 0) is 26.7 Å². The lowest BCUT2D eigenvalue weighted by atomic mass is 10.1. The van der Waals surface area contributed by atoms with Gasteiger partial charge in [-0.25, -0.2) is 0 Å². The average Bonchev–Trinajstić information content (AvgIpc) is 2.74. The Labute approximate surface area is 143 Å². The quantitative estimate of drug-likeness (QED) is 0.563. The van der Waals surface area contributed by atoms with Gasteiger partial charge < -0.3 is 15.2 Å². The molecular formula is C17H29N3O2S. The summed E-state index contributed by atoms with van der Waals surface area (Å²) in [5.41, 5.74) is 2.03. The van der Waals surface area contributed by atoms with Crippen LogP contribution in [0.5, 0.6) is 0 Å². The molecule has 1 aromatic rings. The second kappa shape index (κ2) is 9.98. The van der Waals surface area contributed by atoms with E-state index in [1.807, 2.05) is 13.8 Å². The van der Waals surface area contributed by atoms with Gasteiger partial charge in [0, 0.05) is 30.4 Å². The van der Waals surface area contributed by atoms with Gasteiger partial charge in [-0.15, -0.1) is 11.8 Å². The van der Waals surface area contributed by atoms with Crippen LogP contribution in [0.2, 0.25) is 0 Å². The Kier molecular flexibility index (Phi) is 7.95. The summed E-state index contributed by atoms with van der Waals surface area (Å²) < 4.78 is 5.13. The predicted octanol–water partition coefficient (Wildman–Crippen LogP) is 2.95. The number of hydrogen-bond donors (Lipinski definition) is 2. The summed E-state index contributed by atoms with van der Waals surface area (Å²) >= 11 is 1.60. The van der Waals surface area contributed by atoms with E-state index in [0.29, 0.717) is 18.3 Å². The molecule has 5 nitrogen and oxygen atoms in total. The third-order valence-corrected chi connectivity index (χ3v) is 5.36. The number of hydrogen-bond acceptors (Lipinski definition) is 5.